The quantitative estimate of drug-likeness (QED) is 0.595. The van der Waals surface area contributed by atoms with E-state index in [2.05, 4.69) is 0 Å². The summed E-state index contributed by atoms with van der Waals surface area (Å²) in [4.78, 5) is 9.83. The molecule has 0 aliphatic heterocycles. The van der Waals surface area contributed by atoms with E-state index in [0.29, 0.717) is 6.61 Å². The summed E-state index contributed by atoms with van der Waals surface area (Å²) in [6, 6.07) is 3.69. The van der Waals surface area contributed by atoms with Crippen molar-refractivity contribution < 1.29 is 18.1 Å². The Labute approximate surface area is 105 Å². The van der Waals surface area contributed by atoms with Gasteiger partial charge in [-0.1, -0.05) is 0 Å². The van der Waals surface area contributed by atoms with Crippen molar-refractivity contribution in [2.45, 2.75) is 11.8 Å². The van der Waals surface area contributed by atoms with Gasteiger partial charge in [0.25, 0.3) is 5.69 Å². The summed E-state index contributed by atoms with van der Waals surface area (Å²) in [5.74, 6) is 0.266. The lowest BCUT2D eigenvalue weighted by molar-refractivity contribution is -0.387. The Morgan fingerprint density at radius 3 is 2.44 bits per heavy atom. The van der Waals surface area contributed by atoms with Gasteiger partial charge in [0, 0.05) is 14.1 Å². The summed E-state index contributed by atoms with van der Waals surface area (Å²) in [7, 11) is -1.22. The van der Waals surface area contributed by atoms with Crippen LogP contribution in [0.2, 0.25) is 0 Å². The molecular weight excluding hydrogens is 260 g/mol. The standard InChI is InChI=1S/C10H14N2O5S/c1-4-17-8-5-6-10(9(7-8)12(13)14)18(15,16)11(2)3/h5-7H,4H2,1-3H3. The largest absolute Gasteiger partial charge is 0.494 e. The van der Waals surface area contributed by atoms with Gasteiger partial charge in [-0.2, -0.15) is 0 Å². The summed E-state index contributed by atoms with van der Waals surface area (Å²) < 4.78 is 29.9. The van der Waals surface area contributed by atoms with E-state index in [-0.39, 0.29) is 10.6 Å². The molecule has 0 aliphatic carbocycles. The van der Waals surface area contributed by atoms with Crippen molar-refractivity contribution >= 4 is 15.7 Å². The summed E-state index contributed by atoms with van der Waals surface area (Å²) in [5.41, 5.74) is -0.491. The molecule has 0 radical (unpaired) electrons. The van der Waals surface area contributed by atoms with Gasteiger partial charge in [0.1, 0.15) is 5.75 Å². The predicted molar refractivity (Wildman–Crippen MR) is 65.1 cm³/mol. The van der Waals surface area contributed by atoms with Gasteiger partial charge in [0.15, 0.2) is 4.90 Å². The Morgan fingerprint density at radius 2 is 2.00 bits per heavy atom. The van der Waals surface area contributed by atoms with Gasteiger partial charge in [0.2, 0.25) is 10.0 Å². The SMILES string of the molecule is CCOc1ccc(S(=O)(=O)N(C)C)c([N+](=O)[O-])c1. The lowest BCUT2D eigenvalue weighted by Gasteiger charge is -2.12. The number of benzene rings is 1. The molecule has 18 heavy (non-hydrogen) atoms. The zero-order chi connectivity index (χ0) is 13.9. The molecular formula is C10H14N2O5S. The predicted octanol–water partition coefficient (Wildman–Crippen LogP) is 1.24. The zero-order valence-electron chi connectivity index (χ0n) is 10.3. The minimum atomic E-state index is -3.85. The number of nitrogens with zero attached hydrogens (tertiary/aromatic N) is 2. The van der Waals surface area contributed by atoms with Crippen molar-refractivity contribution in [1.82, 2.24) is 4.31 Å². The minimum Gasteiger partial charge on any atom is -0.494 e. The summed E-state index contributed by atoms with van der Waals surface area (Å²) in [6.45, 7) is 2.08. The fraction of sp³-hybridized carbons (Fsp3) is 0.400. The normalized spacial score (nSPS) is 11.6. The number of sulfonamides is 1. The topological polar surface area (TPSA) is 89.8 Å². The van der Waals surface area contributed by atoms with Gasteiger partial charge in [0.05, 0.1) is 17.6 Å². The Bertz CT molecular complexity index is 553. The number of hydrogen-bond acceptors (Lipinski definition) is 5. The van der Waals surface area contributed by atoms with E-state index in [0.717, 1.165) is 10.4 Å². The van der Waals surface area contributed by atoms with Crippen LogP contribution in [0.3, 0.4) is 0 Å². The molecule has 0 N–H and O–H groups in total. The monoisotopic (exact) mass is 274 g/mol. The lowest BCUT2D eigenvalue weighted by Crippen LogP contribution is -2.23. The highest BCUT2D eigenvalue weighted by molar-refractivity contribution is 7.89. The number of nitro groups is 1. The Morgan fingerprint density at radius 1 is 1.39 bits per heavy atom. The molecule has 0 unspecified atom stereocenters. The molecule has 0 amide bonds. The highest BCUT2D eigenvalue weighted by atomic mass is 32.2. The van der Waals surface area contributed by atoms with Gasteiger partial charge < -0.3 is 4.74 Å². The molecule has 0 saturated heterocycles. The first-order valence-corrected chi connectivity index (χ1v) is 6.58. The first-order chi connectivity index (χ1) is 8.30. The maximum Gasteiger partial charge on any atom is 0.293 e. The van der Waals surface area contributed by atoms with E-state index in [4.69, 9.17) is 4.74 Å². The van der Waals surface area contributed by atoms with E-state index in [9.17, 15) is 18.5 Å². The Hall–Kier alpha value is -1.67. The molecule has 0 fully saturated rings. The third kappa shape index (κ3) is 2.77. The van der Waals surface area contributed by atoms with Crippen LogP contribution in [0.1, 0.15) is 6.92 Å². The van der Waals surface area contributed by atoms with Crippen LogP contribution in [0.15, 0.2) is 23.1 Å². The first kappa shape index (κ1) is 14.4. The van der Waals surface area contributed by atoms with E-state index in [1.54, 1.807) is 6.92 Å². The second-order valence-electron chi connectivity index (χ2n) is 3.61. The molecule has 0 aromatic heterocycles. The third-order valence-corrected chi connectivity index (χ3v) is 4.06. The average Bonchev–Trinajstić information content (AvgIpc) is 2.28. The van der Waals surface area contributed by atoms with Crippen LogP contribution in [0, 0.1) is 10.1 Å². The van der Waals surface area contributed by atoms with Gasteiger partial charge >= 0.3 is 0 Å². The number of rotatable bonds is 5. The average molecular weight is 274 g/mol. The van der Waals surface area contributed by atoms with Crippen LogP contribution in [0.25, 0.3) is 0 Å². The molecule has 0 saturated carbocycles. The first-order valence-electron chi connectivity index (χ1n) is 5.14. The van der Waals surface area contributed by atoms with Crippen LogP contribution in [-0.4, -0.2) is 38.3 Å². The van der Waals surface area contributed by atoms with Gasteiger partial charge in [-0.15, -0.1) is 0 Å². The molecule has 0 atom stereocenters. The van der Waals surface area contributed by atoms with Gasteiger partial charge in [-0.3, -0.25) is 10.1 Å². The minimum absolute atomic E-state index is 0.266. The van der Waals surface area contributed by atoms with Gasteiger partial charge in [-0.05, 0) is 19.1 Å². The highest BCUT2D eigenvalue weighted by Gasteiger charge is 2.28. The van der Waals surface area contributed by atoms with Crippen LogP contribution >= 0.6 is 0 Å². The fourth-order valence-electron chi connectivity index (χ4n) is 1.31. The number of hydrogen-bond donors (Lipinski definition) is 0. The molecule has 0 aliphatic rings. The molecule has 1 aromatic rings. The van der Waals surface area contributed by atoms with E-state index in [1.807, 2.05) is 0 Å². The van der Waals surface area contributed by atoms with Crippen molar-refractivity contribution in [2.24, 2.45) is 0 Å². The van der Waals surface area contributed by atoms with Crippen molar-refractivity contribution in [3.8, 4) is 5.75 Å². The van der Waals surface area contributed by atoms with E-state index >= 15 is 0 Å². The third-order valence-electron chi connectivity index (χ3n) is 2.20. The molecule has 0 bridgehead atoms. The summed E-state index contributed by atoms with van der Waals surface area (Å²) >= 11 is 0. The lowest BCUT2D eigenvalue weighted by atomic mass is 10.3. The molecule has 0 heterocycles. The summed E-state index contributed by atoms with van der Waals surface area (Å²) in [5, 5.41) is 10.9. The molecule has 1 aromatic carbocycles. The molecule has 8 heteroatoms. The molecule has 0 spiro atoms. The van der Waals surface area contributed by atoms with Crippen LogP contribution in [-0.2, 0) is 10.0 Å². The van der Waals surface area contributed by atoms with Crippen LogP contribution < -0.4 is 4.74 Å². The Kier molecular flexibility index (Phi) is 4.25. The summed E-state index contributed by atoms with van der Waals surface area (Å²) in [6.07, 6.45) is 0. The fourth-order valence-corrected chi connectivity index (χ4v) is 2.34. The molecule has 100 valence electrons. The smallest absolute Gasteiger partial charge is 0.293 e. The van der Waals surface area contributed by atoms with Crippen molar-refractivity contribution in [3.63, 3.8) is 0 Å². The van der Waals surface area contributed by atoms with Crippen LogP contribution in [0.5, 0.6) is 5.75 Å². The highest BCUT2D eigenvalue weighted by Crippen LogP contribution is 2.29. The van der Waals surface area contributed by atoms with Crippen molar-refractivity contribution in [2.75, 3.05) is 20.7 Å². The number of ether oxygens (including phenoxy) is 1. The van der Waals surface area contributed by atoms with E-state index < -0.39 is 20.6 Å². The van der Waals surface area contributed by atoms with Crippen molar-refractivity contribution in [3.05, 3.63) is 28.3 Å². The Balaban J connectivity index is 3.42. The van der Waals surface area contributed by atoms with Gasteiger partial charge in [-0.25, -0.2) is 12.7 Å². The maximum absolute atomic E-state index is 11.9. The second kappa shape index (κ2) is 5.32. The van der Waals surface area contributed by atoms with Crippen molar-refractivity contribution in [1.29, 1.82) is 0 Å². The van der Waals surface area contributed by atoms with Crippen LogP contribution in [0.4, 0.5) is 5.69 Å². The van der Waals surface area contributed by atoms with E-state index in [1.165, 1.54) is 26.2 Å². The molecule has 7 nitrogen and oxygen atoms in total. The maximum atomic E-state index is 11.9. The second-order valence-corrected chi connectivity index (χ2v) is 5.73. The number of nitro benzene ring substituents is 1. The molecule has 1 rings (SSSR count). The zero-order valence-corrected chi connectivity index (χ0v) is 11.1.